The van der Waals surface area contributed by atoms with E-state index in [2.05, 4.69) is 5.32 Å². The van der Waals surface area contributed by atoms with Gasteiger partial charge in [-0.25, -0.2) is 4.39 Å². The second-order valence-electron chi connectivity index (χ2n) is 3.38. The monoisotopic (exact) mass is 181 g/mol. The summed E-state index contributed by atoms with van der Waals surface area (Å²) in [6.07, 6.45) is 2.34. The Labute approximate surface area is 76.4 Å². The van der Waals surface area contributed by atoms with Crippen molar-refractivity contribution in [3.8, 4) is 0 Å². The zero-order valence-electron chi connectivity index (χ0n) is 7.26. The quantitative estimate of drug-likeness (QED) is 0.746. The number of aliphatic hydroxyl groups excluding tert-OH is 1. The Kier molecular flexibility index (Phi) is 2.19. The molecular formula is C10H12FNO. The van der Waals surface area contributed by atoms with Gasteiger partial charge in [0.05, 0.1) is 6.61 Å². The van der Waals surface area contributed by atoms with Crippen LogP contribution in [-0.4, -0.2) is 11.1 Å². The van der Waals surface area contributed by atoms with Crippen molar-refractivity contribution >= 4 is 5.69 Å². The maximum absolute atomic E-state index is 13.1. The number of nitrogens with one attached hydrogen (secondary N) is 1. The summed E-state index contributed by atoms with van der Waals surface area (Å²) in [5.41, 5.74) is 1.15. The van der Waals surface area contributed by atoms with Gasteiger partial charge in [-0.05, 0) is 25.0 Å². The second-order valence-corrected chi connectivity index (χ2v) is 3.38. The Bertz CT molecular complexity index is 310. The van der Waals surface area contributed by atoms with Crippen LogP contribution in [0.3, 0.4) is 0 Å². The number of benzene rings is 1. The molecular weight excluding hydrogens is 169 g/mol. The zero-order valence-corrected chi connectivity index (χ0v) is 7.26. The average molecular weight is 181 g/mol. The van der Waals surface area contributed by atoms with Crippen LogP contribution in [0, 0.1) is 5.82 Å². The van der Waals surface area contributed by atoms with Crippen molar-refractivity contribution in [2.45, 2.75) is 25.5 Å². The Morgan fingerprint density at radius 3 is 2.77 bits per heavy atom. The van der Waals surface area contributed by atoms with Crippen LogP contribution < -0.4 is 5.32 Å². The summed E-state index contributed by atoms with van der Waals surface area (Å²) in [6, 6.07) is 5.37. The minimum Gasteiger partial charge on any atom is -0.392 e. The molecule has 0 radical (unpaired) electrons. The molecule has 2 nitrogen and oxygen atoms in total. The highest BCUT2D eigenvalue weighted by molar-refractivity contribution is 5.46. The largest absolute Gasteiger partial charge is 0.392 e. The molecule has 0 aliphatic heterocycles. The van der Waals surface area contributed by atoms with Gasteiger partial charge in [-0.15, -0.1) is 0 Å². The number of rotatable bonds is 3. The Morgan fingerprint density at radius 2 is 2.23 bits per heavy atom. The molecule has 0 unspecified atom stereocenters. The molecule has 1 aromatic carbocycles. The summed E-state index contributed by atoms with van der Waals surface area (Å²) in [4.78, 5) is 0. The average Bonchev–Trinajstić information content (AvgIpc) is 2.89. The van der Waals surface area contributed by atoms with Gasteiger partial charge in [0, 0.05) is 17.3 Å². The van der Waals surface area contributed by atoms with Crippen LogP contribution in [0.1, 0.15) is 18.4 Å². The first-order valence-corrected chi connectivity index (χ1v) is 4.45. The maximum Gasteiger partial charge on any atom is 0.130 e. The van der Waals surface area contributed by atoms with Gasteiger partial charge in [0.25, 0.3) is 0 Å². The molecule has 0 heterocycles. The summed E-state index contributed by atoms with van der Waals surface area (Å²) in [5, 5.41) is 11.9. The third kappa shape index (κ3) is 1.98. The lowest BCUT2D eigenvalue weighted by molar-refractivity contribution is 0.276. The van der Waals surface area contributed by atoms with Crippen LogP contribution in [0.25, 0.3) is 0 Å². The molecule has 1 aromatic rings. The highest BCUT2D eigenvalue weighted by atomic mass is 19.1. The first-order valence-electron chi connectivity index (χ1n) is 4.45. The first-order chi connectivity index (χ1) is 6.29. The molecule has 1 aliphatic carbocycles. The summed E-state index contributed by atoms with van der Waals surface area (Å²) in [6.45, 7) is -0.241. The van der Waals surface area contributed by atoms with E-state index in [1.807, 2.05) is 0 Å². The second kappa shape index (κ2) is 3.34. The van der Waals surface area contributed by atoms with Crippen molar-refractivity contribution < 1.29 is 9.50 Å². The molecule has 0 aromatic heterocycles. The van der Waals surface area contributed by atoms with Crippen molar-refractivity contribution in [2.75, 3.05) is 5.32 Å². The molecule has 3 heteroatoms. The summed E-state index contributed by atoms with van der Waals surface area (Å²) < 4.78 is 13.1. The van der Waals surface area contributed by atoms with E-state index in [0.717, 1.165) is 5.69 Å². The van der Waals surface area contributed by atoms with E-state index in [-0.39, 0.29) is 12.4 Å². The molecule has 1 saturated carbocycles. The molecule has 1 aliphatic rings. The zero-order chi connectivity index (χ0) is 9.26. The molecule has 2 rings (SSSR count). The fourth-order valence-corrected chi connectivity index (χ4v) is 1.23. The summed E-state index contributed by atoms with van der Waals surface area (Å²) in [7, 11) is 0. The van der Waals surface area contributed by atoms with Crippen molar-refractivity contribution in [1.29, 1.82) is 0 Å². The highest BCUT2D eigenvalue weighted by Gasteiger charge is 2.20. The molecule has 2 N–H and O–H groups in total. The fourth-order valence-electron chi connectivity index (χ4n) is 1.23. The van der Waals surface area contributed by atoms with Crippen molar-refractivity contribution in [3.05, 3.63) is 29.6 Å². The first kappa shape index (κ1) is 8.51. The molecule has 0 spiro atoms. The van der Waals surface area contributed by atoms with Gasteiger partial charge < -0.3 is 10.4 Å². The van der Waals surface area contributed by atoms with Crippen LogP contribution in [-0.2, 0) is 6.61 Å². The van der Waals surface area contributed by atoms with Gasteiger partial charge in [-0.1, -0.05) is 6.07 Å². The van der Waals surface area contributed by atoms with Crippen LogP contribution in [0.15, 0.2) is 18.2 Å². The minimum atomic E-state index is -0.340. The Hall–Kier alpha value is -1.09. The van der Waals surface area contributed by atoms with Gasteiger partial charge in [0.2, 0.25) is 0 Å². The molecule has 0 atom stereocenters. The normalized spacial score (nSPS) is 15.8. The minimum absolute atomic E-state index is 0.241. The molecule has 0 saturated heterocycles. The summed E-state index contributed by atoms with van der Waals surface area (Å²) in [5.74, 6) is -0.340. The number of aliphatic hydroxyl groups is 1. The molecule has 70 valence electrons. The van der Waals surface area contributed by atoms with Crippen LogP contribution in [0.4, 0.5) is 10.1 Å². The predicted octanol–water partition coefficient (Wildman–Crippen LogP) is 1.89. The number of anilines is 1. The fraction of sp³-hybridized carbons (Fsp3) is 0.400. The third-order valence-corrected chi connectivity index (χ3v) is 2.17. The molecule has 1 fully saturated rings. The van der Waals surface area contributed by atoms with Gasteiger partial charge in [-0.3, -0.25) is 0 Å². The number of hydrogen-bond acceptors (Lipinski definition) is 2. The van der Waals surface area contributed by atoms with E-state index >= 15 is 0 Å². The Balaban J connectivity index is 2.13. The van der Waals surface area contributed by atoms with E-state index in [1.165, 1.54) is 18.9 Å². The lowest BCUT2D eigenvalue weighted by atomic mass is 10.2. The summed E-state index contributed by atoms with van der Waals surface area (Å²) >= 11 is 0. The van der Waals surface area contributed by atoms with Gasteiger partial charge in [0.1, 0.15) is 5.82 Å². The SMILES string of the molecule is OCc1ccc(NC2CC2)cc1F. The molecule has 0 bridgehead atoms. The number of hydrogen-bond donors (Lipinski definition) is 2. The predicted molar refractivity (Wildman–Crippen MR) is 49.0 cm³/mol. The number of halogens is 1. The lowest BCUT2D eigenvalue weighted by Crippen LogP contribution is -2.01. The topological polar surface area (TPSA) is 32.3 Å². The van der Waals surface area contributed by atoms with Gasteiger partial charge >= 0.3 is 0 Å². The third-order valence-electron chi connectivity index (χ3n) is 2.17. The van der Waals surface area contributed by atoms with Crippen LogP contribution in [0.5, 0.6) is 0 Å². The van der Waals surface area contributed by atoms with Crippen LogP contribution in [0.2, 0.25) is 0 Å². The smallest absolute Gasteiger partial charge is 0.130 e. The van der Waals surface area contributed by atoms with Crippen LogP contribution >= 0.6 is 0 Å². The van der Waals surface area contributed by atoms with Crippen molar-refractivity contribution in [2.24, 2.45) is 0 Å². The van der Waals surface area contributed by atoms with Crippen molar-refractivity contribution in [1.82, 2.24) is 0 Å². The van der Waals surface area contributed by atoms with Gasteiger partial charge in [-0.2, -0.15) is 0 Å². The van der Waals surface area contributed by atoms with E-state index in [4.69, 9.17) is 5.11 Å². The Morgan fingerprint density at radius 1 is 1.46 bits per heavy atom. The van der Waals surface area contributed by atoms with Gasteiger partial charge in [0.15, 0.2) is 0 Å². The lowest BCUT2D eigenvalue weighted by Gasteiger charge is -2.05. The van der Waals surface area contributed by atoms with Crippen molar-refractivity contribution in [3.63, 3.8) is 0 Å². The highest BCUT2D eigenvalue weighted by Crippen LogP contribution is 2.25. The molecule has 13 heavy (non-hydrogen) atoms. The standard InChI is InChI=1S/C10H12FNO/c11-10-5-9(12-8-3-4-8)2-1-7(10)6-13/h1-2,5,8,12-13H,3-4,6H2. The van der Waals surface area contributed by atoms with E-state index in [0.29, 0.717) is 11.6 Å². The van der Waals surface area contributed by atoms with E-state index < -0.39 is 0 Å². The van der Waals surface area contributed by atoms with E-state index in [9.17, 15) is 4.39 Å². The molecule has 0 amide bonds. The van der Waals surface area contributed by atoms with E-state index in [1.54, 1.807) is 12.1 Å². The maximum atomic E-state index is 13.1.